The molecule has 0 radical (unpaired) electrons. The van der Waals surface area contributed by atoms with Crippen LogP contribution in [0.3, 0.4) is 0 Å². The minimum absolute atomic E-state index is 0.0768. The van der Waals surface area contributed by atoms with Crippen molar-refractivity contribution in [3.8, 4) is 17.1 Å². The zero-order valence-corrected chi connectivity index (χ0v) is 15.6. The first-order chi connectivity index (χ1) is 14.2. The third-order valence-corrected chi connectivity index (χ3v) is 4.65. The second-order valence-corrected chi connectivity index (χ2v) is 6.89. The lowest BCUT2D eigenvalue weighted by molar-refractivity contribution is -0.274. The largest absolute Gasteiger partial charge is 0.573 e. The number of nitrogens with zero attached hydrogens (tertiary/aromatic N) is 3. The van der Waals surface area contributed by atoms with E-state index in [9.17, 15) is 22.4 Å². The summed E-state index contributed by atoms with van der Waals surface area (Å²) < 4.78 is 60.0. The average Bonchev–Trinajstić information content (AvgIpc) is 3.30. The van der Waals surface area contributed by atoms with Crippen LogP contribution in [-0.4, -0.2) is 29.0 Å². The number of amides is 1. The summed E-state index contributed by atoms with van der Waals surface area (Å²) in [6.45, 7) is 1.98. The zero-order chi connectivity index (χ0) is 21.5. The van der Waals surface area contributed by atoms with Gasteiger partial charge in [0.2, 0.25) is 17.6 Å². The van der Waals surface area contributed by atoms with Gasteiger partial charge in [0, 0.05) is 18.5 Å². The number of ether oxygens (including phenoxy) is 1. The van der Waals surface area contributed by atoms with Crippen LogP contribution in [0.15, 0.2) is 47.0 Å². The molecule has 0 bridgehead atoms. The van der Waals surface area contributed by atoms with Crippen molar-refractivity contribution in [2.45, 2.75) is 25.6 Å². The molecular weight excluding hydrogens is 406 g/mol. The Balaban J connectivity index is 1.50. The van der Waals surface area contributed by atoms with Gasteiger partial charge in [-0.3, -0.25) is 4.79 Å². The highest BCUT2D eigenvalue weighted by molar-refractivity contribution is 5.96. The molecule has 10 heteroatoms. The maximum atomic E-state index is 14.2. The van der Waals surface area contributed by atoms with Gasteiger partial charge in [0.05, 0.1) is 11.6 Å². The number of halogens is 4. The molecule has 0 aliphatic carbocycles. The van der Waals surface area contributed by atoms with E-state index in [4.69, 9.17) is 4.52 Å². The first-order valence-electron chi connectivity index (χ1n) is 8.96. The van der Waals surface area contributed by atoms with E-state index in [0.29, 0.717) is 5.56 Å². The van der Waals surface area contributed by atoms with Crippen molar-refractivity contribution >= 4 is 11.6 Å². The molecule has 6 nitrogen and oxygen atoms in total. The summed E-state index contributed by atoms with van der Waals surface area (Å²) in [6, 6.07) is 9.53. The number of carbonyl (C=O) groups excluding carboxylic acids is 1. The summed E-state index contributed by atoms with van der Waals surface area (Å²) >= 11 is 0. The summed E-state index contributed by atoms with van der Waals surface area (Å²) in [5.74, 6) is -1.20. The third kappa shape index (κ3) is 4.12. The van der Waals surface area contributed by atoms with E-state index in [1.165, 1.54) is 23.1 Å². The van der Waals surface area contributed by atoms with Crippen molar-refractivity contribution in [1.82, 2.24) is 10.1 Å². The molecule has 1 aromatic heterocycles. The lowest BCUT2D eigenvalue weighted by Gasteiger charge is -2.17. The van der Waals surface area contributed by atoms with E-state index < -0.39 is 18.1 Å². The highest BCUT2D eigenvalue weighted by atomic mass is 19.4. The summed E-state index contributed by atoms with van der Waals surface area (Å²) in [5, 5.41) is 3.84. The van der Waals surface area contributed by atoms with Crippen molar-refractivity contribution in [2.24, 2.45) is 0 Å². The fourth-order valence-electron chi connectivity index (χ4n) is 3.26. The van der Waals surface area contributed by atoms with Crippen LogP contribution in [0.4, 0.5) is 23.2 Å². The van der Waals surface area contributed by atoms with Crippen LogP contribution >= 0.6 is 0 Å². The Kier molecular flexibility index (Phi) is 4.92. The van der Waals surface area contributed by atoms with E-state index in [0.717, 1.165) is 17.7 Å². The van der Waals surface area contributed by atoms with Gasteiger partial charge in [0.15, 0.2) is 0 Å². The molecule has 1 saturated heterocycles. The molecule has 0 saturated carbocycles. The maximum Gasteiger partial charge on any atom is 0.573 e. The molecule has 4 rings (SSSR count). The van der Waals surface area contributed by atoms with Crippen molar-refractivity contribution in [1.29, 1.82) is 0 Å². The Bertz CT molecular complexity index is 1080. The third-order valence-electron chi connectivity index (χ3n) is 4.65. The van der Waals surface area contributed by atoms with Gasteiger partial charge in [-0.25, -0.2) is 4.39 Å². The van der Waals surface area contributed by atoms with E-state index in [2.05, 4.69) is 14.9 Å². The molecule has 0 N–H and O–H groups in total. The molecule has 2 aromatic carbocycles. The summed E-state index contributed by atoms with van der Waals surface area (Å²) in [6.07, 6.45) is -4.70. The minimum Gasteiger partial charge on any atom is -0.406 e. The van der Waals surface area contributed by atoms with E-state index >= 15 is 0 Å². The molecule has 2 heterocycles. The monoisotopic (exact) mass is 421 g/mol. The quantitative estimate of drug-likeness (QED) is 0.576. The second kappa shape index (κ2) is 7.43. The Morgan fingerprint density at radius 3 is 2.60 bits per heavy atom. The van der Waals surface area contributed by atoms with Crippen molar-refractivity contribution in [3.63, 3.8) is 0 Å². The van der Waals surface area contributed by atoms with Crippen LogP contribution in [0.1, 0.15) is 23.8 Å². The van der Waals surface area contributed by atoms with E-state index in [-0.39, 0.29) is 42.0 Å². The summed E-state index contributed by atoms with van der Waals surface area (Å²) in [4.78, 5) is 18.0. The summed E-state index contributed by atoms with van der Waals surface area (Å²) in [5.41, 5.74) is 1.44. The number of hydrogen-bond acceptors (Lipinski definition) is 5. The van der Waals surface area contributed by atoms with Gasteiger partial charge in [-0.05, 0) is 48.9 Å². The SMILES string of the molecule is Cc1ccc(F)c(N2CC(c3nc(-c4ccc(OC(F)(F)F)cc4)no3)CC2=O)c1. The van der Waals surface area contributed by atoms with Crippen LogP contribution in [0.5, 0.6) is 5.75 Å². The predicted octanol–water partition coefficient (Wildman–Crippen LogP) is 4.60. The zero-order valence-electron chi connectivity index (χ0n) is 15.6. The molecule has 1 aliphatic heterocycles. The van der Waals surface area contributed by atoms with Gasteiger partial charge in [-0.15, -0.1) is 13.2 Å². The van der Waals surface area contributed by atoms with Crippen LogP contribution in [0.25, 0.3) is 11.4 Å². The molecule has 156 valence electrons. The number of benzene rings is 2. The molecule has 0 spiro atoms. The topological polar surface area (TPSA) is 68.5 Å². The van der Waals surface area contributed by atoms with E-state index in [1.54, 1.807) is 19.1 Å². The lowest BCUT2D eigenvalue weighted by atomic mass is 10.1. The minimum atomic E-state index is -4.78. The highest BCUT2D eigenvalue weighted by Crippen LogP contribution is 2.34. The first kappa shape index (κ1) is 19.9. The number of alkyl halides is 3. The van der Waals surface area contributed by atoms with Crippen LogP contribution in [-0.2, 0) is 4.79 Å². The Morgan fingerprint density at radius 2 is 1.90 bits per heavy atom. The fourth-order valence-corrected chi connectivity index (χ4v) is 3.26. The maximum absolute atomic E-state index is 14.2. The first-order valence-corrected chi connectivity index (χ1v) is 8.96. The van der Waals surface area contributed by atoms with Gasteiger partial charge >= 0.3 is 6.36 Å². The van der Waals surface area contributed by atoms with Crippen LogP contribution in [0, 0.1) is 12.7 Å². The van der Waals surface area contributed by atoms with Gasteiger partial charge in [0.1, 0.15) is 11.6 Å². The van der Waals surface area contributed by atoms with Gasteiger partial charge in [-0.2, -0.15) is 4.98 Å². The van der Waals surface area contributed by atoms with Crippen molar-refractivity contribution in [3.05, 3.63) is 59.7 Å². The molecule has 1 unspecified atom stereocenters. The molecular formula is C20H15F4N3O3. The number of rotatable bonds is 4. The molecule has 3 aromatic rings. The smallest absolute Gasteiger partial charge is 0.406 e. The van der Waals surface area contributed by atoms with Crippen molar-refractivity contribution < 1.29 is 31.6 Å². The molecule has 1 amide bonds. The van der Waals surface area contributed by atoms with Gasteiger partial charge in [-0.1, -0.05) is 11.2 Å². The molecule has 1 atom stereocenters. The highest BCUT2D eigenvalue weighted by Gasteiger charge is 2.36. The van der Waals surface area contributed by atoms with Gasteiger partial charge < -0.3 is 14.2 Å². The summed E-state index contributed by atoms with van der Waals surface area (Å²) in [7, 11) is 0. The molecule has 1 fully saturated rings. The number of anilines is 1. The Labute approximate surface area is 168 Å². The predicted molar refractivity (Wildman–Crippen MR) is 97.3 cm³/mol. The lowest BCUT2D eigenvalue weighted by Crippen LogP contribution is -2.25. The normalized spacial score (nSPS) is 16.9. The van der Waals surface area contributed by atoms with Crippen LogP contribution in [0.2, 0.25) is 0 Å². The fraction of sp³-hybridized carbons (Fsp3) is 0.250. The number of hydrogen-bond donors (Lipinski definition) is 0. The number of aromatic nitrogens is 2. The van der Waals surface area contributed by atoms with E-state index in [1.807, 2.05) is 0 Å². The second-order valence-electron chi connectivity index (χ2n) is 6.89. The molecule has 1 aliphatic rings. The Hall–Kier alpha value is -3.43. The van der Waals surface area contributed by atoms with Crippen LogP contribution < -0.4 is 9.64 Å². The number of carbonyl (C=O) groups is 1. The number of aryl methyl sites for hydroxylation is 1. The van der Waals surface area contributed by atoms with Crippen molar-refractivity contribution in [2.75, 3.05) is 11.4 Å². The standard InChI is InChI=1S/C20H15F4N3O3/c1-11-2-7-15(21)16(8-11)27-10-13(9-17(27)28)19-25-18(26-30-19)12-3-5-14(6-4-12)29-20(22,23)24/h2-8,13H,9-10H2,1H3. The average molecular weight is 421 g/mol. The van der Waals surface area contributed by atoms with Gasteiger partial charge in [0.25, 0.3) is 0 Å². The Morgan fingerprint density at radius 1 is 1.17 bits per heavy atom. The molecule has 30 heavy (non-hydrogen) atoms.